The molecule has 2 aromatic rings. The van der Waals surface area contributed by atoms with Gasteiger partial charge in [0.1, 0.15) is 5.75 Å². The van der Waals surface area contributed by atoms with Crippen molar-refractivity contribution >= 4 is 22.9 Å². The second-order valence-electron chi connectivity index (χ2n) is 4.30. The van der Waals surface area contributed by atoms with E-state index in [4.69, 9.17) is 16.3 Å². The molecule has 1 N–H and O–H groups in total. The highest BCUT2D eigenvalue weighted by molar-refractivity contribution is 7.10. The maximum absolute atomic E-state index is 6.10. The summed E-state index contributed by atoms with van der Waals surface area (Å²) < 4.78 is 5.44. The molecule has 2 rings (SSSR count). The van der Waals surface area contributed by atoms with Crippen LogP contribution in [-0.4, -0.2) is 13.7 Å². The van der Waals surface area contributed by atoms with E-state index in [0.717, 1.165) is 23.7 Å². The van der Waals surface area contributed by atoms with Crippen LogP contribution in [0.1, 0.15) is 29.8 Å². The first-order chi connectivity index (χ1) is 9.26. The first-order valence-corrected chi connectivity index (χ1v) is 7.62. The number of methoxy groups -OCH3 is 1. The molecule has 0 aliphatic rings. The minimum absolute atomic E-state index is 0.133. The summed E-state index contributed by atoms with van der Waals surface area (Å²) in [6.07, 6.45) is 1.09. The smallest absolute Gasteiger partial charge is 0.134 e. The Morgan fingerprint density at radius 2 is 2.21 bits per heavy atom. The third-order valence-corrected chi connectivity index (χ3v) is 4.12. The van der Waals surface area contributed by atoms with Crippen LogP contribution in [0.4, 0.5) is 0 Å². The van der Waals surface area contributed by atoms with Crippen LogP contribution in [0, 0.1) is 0 Å². The van der Waals surface area contributed by atoms with Crippen molar-refractivity contribution in [3.05, 3.63) is 51.2 Å². The number of hydrogen-bond acceptors (Lipinski definition) is 3. The Labute approximate surface area is 123 Å². The summed E-state index contributed by atoms with van der Waals surface area (Å²) in [4.78, 5) is 1.19. The number of ether oxygens (including phenoxy) is 1. The van der Waals surface area contributed by atoms with Gasteiger partial charge in [0, 0.05) is 5.02 Å². The predicted octanol–water partition coefficient (Wildman–Crippen LogP) is 4.50. The Kier molecular flexibility index (Phi) is 5.25. The Morgan fingerprint density at radius 3 is 2.89 bits per heavy atom. The van der Waals surface area contributed by atoms with Crippen molar-refractivity contribution in [1.82, 2.24) is 5.32 Å². The van der Waals surface area contributed by atoms with Gasteiger partial charge in [-0.15, -0.1) is 11.3 Å². The van der Waals surface area contributed by atoms with Crippen molar-refractivity contribution in [2.75, 3.05) is 13.7 Å². The van der Waals surface area contributed by atoms with Crippen LogP contribution >= 0.6 is 22.9 Å². The summed E-state index contributed by atoms with van der Waals surface area (Å²) >= 11 is 7.81. The quantitative estimate of drug-likeness (QED) is 0.847. The monoisotopic (exact) mass is 295 g/mol. The number of thiophene rings is 1. The van der Waals surface area contributed by atoms with Gasteiger partial charge in [0.2, 0.25) is 0 Å². The van der Waals surface area contributed by atoms with Gasteiger partial charge in [-0.05, 0) is 42.1 Å². The lowest BCUT2D eigenvalue weighted by Gasteiger charge is -2.19. The van der Waals surface area contributed by atoms with Gasteiger partial charge in [0.05, 0.1) is 18.0 Å². The molecule has 0 aliphatic heterocycles. The van der Waals surface area contributed by atoms with Crippen molar-refractivity contribution in [2.45, 2.75) is 19.4 Å². The molecule has 1 aromatic carbocycles. The Morgan fingerprint density at radius 1 is 1.37 bits per heavy atom. The lowest BCUT2D eigenvalue weighted by Crippen LogP contribution is -2.22. The van der Waals surface area contributed by atoms with Gasteiger partial charge in [-0.1, -0.05) is 30.7 Å². The van der Waals surface area contributed by atoms with E-state index in [-0.39, 0.29) is 6.04 Å². The van der Waals surface area contributed by atoms with Crippen molar-refractivity contribution < 1.29 is 4.74 Å². The Bertz CT molecular complexity index is 526. The van der Waals surface area contributed by atoms with Gasteiger partial charge < -0.3 is 10.1 Å². The molecule has 0 amide bonds. The van der Waals surface area contributed by atoms with Gasteiger partial charge in [-0.25, -0.2) is 0 Å². The molecule has 1 heterocycles. The fraction of sp³-hybridized carbons (Fsp3) is 0.333. The summed E-state index contributed by atoms with van der Waals surface area (Å²) in [5.74, 6) is 0.929. The number of hydrogen-bond donors (Lipinski definition) is 1. The lowest BCUT2D eigenvalue weighted by molar-refractivity contribution is 0.407. The van der Waals surface area contributed by atoms with E-state index in [2.05, 4.69) is 23.7 Å². The molecule has 0 aliphatic carbocycles. The molecular weight excluding hydrogens is 278 g/mol. The van der Waals surface area contributed by atoms with E-state index in [9.17, 15) is 0 Å². The number of benzene rings is 1. The van der Waals surface area contributed by atoms with E-state index in [1.54, 1.807) is 18.4 Å². The molecule has 0 saturated carbocycles. The van der Waals surface area contributed by atoms with Crippen LogP contribution in [0.15, 0.2) is 35.7 Å². The van der Waals surface area contributed by atoms with Crippen LogP contribution < -0.4 is 10.1 Å². The zero-order chi connectivity index (χ0) is 13.7. The highest BCUT2D eigenvalue weighted by Gasteiger charge is 2.19. The molecule has 1 aromatic heterocycles. The largest absolute Gasteiger partial charge is 0.496 e. The molecule has 0 spiro atoms. The summed E-state index contributed by atoms with van der Waals surface area (Å²) in [5, 5.41) is 6.38. The topological polar surface area (TPSA) is 21.3 Å². The highest BCUT2D eigenvalue weighted by Crippen LogP contribution is 2.35. The number of nitrogens with one attached hydrogen (secondary N) is 1. The third kappa shape index (κ3) is 3.50. The average molecular weight is 296 g/mol. The maximum Gasteiger partial charge on any atom is 0.134 e. The highest BCUT2D eigenvalue weighted by atomic mass is 35.5. The van der Waals surface area contributed by atoms with Crippen LogP contribution in [0.25, 0.3) is 0 Å². The molecule has 4 heteroatoms. The van der Waals surface area contributed by atoms with Crippen LogP contribution in [0.5, 0.6) is 5.75 Å². The summed E-state index contributed by atoms with van der Waals surface area (Å²) in [5.41, 5.74) is 1.17. The number of halogens is 1. The lowest BCUT2D eigenvalue weighted by atomic mass is 10.0. The van der Waals surface area contributed by atoms with Crippen molar-refractivity contribution in [3.63, 3.8) is 0 Å². The minimum Gasteiger partial charge on any atom is -0.496 e. The SMILES string of the molecule is CCCNC(c1cccc(Cl)c1)c1sccc1OC. The van der Waals surface area contributed by atoms with Crippen molar-refractivity contribution in [3.8, 4) is 5.75 Å². The standard InChI is InChI=1S/C15H18ClNOS/c1-3-8-17-14(11-5-4-6-12(16)10-11)15-13(18-2)7-9-19-15/h4-7,9-10,14,17H,3,8H2,1-2H3. The normalized spacial score (nSPS) is 12.4. The maximum atomic E-state index is 6.10. The van der Waals surface area contributed by atoms with Crippen LogP contribution in [-0.2, 0) is 0 Å². The van der Waals surface area contributed by atoms with Crippen LogP contribution in [0.3, 0.4) is 0 Å². The molecule has 19 heavy (non-hydrogen) atoms. The molecule has 0 fully saturated rings. The van der Waals surface area contributed by atoms with Gasteiger partial charge >= 0.3 is 0 Å². The first kappa shape index (κ1) is 14.4. The zero-order valence-corrected chi connectivity index (χ0v) is 12.7. The zero-order valence-electron chi connectivity index (χ0n) is 11.2. The molecule has 1 unspecified atom stereocenters. The first-order valence-electron chi connectivity index (χ1n) is 6.36. The molecule has 2 nitrogen and oxygen atoms in total. The van der Waals surface area contributed by atoms with Gasteiger partial charge in [-0.2, -0.15) is 0 Å². The Hall–Kier alpha value is -1.03. The third-order valence-electron chi connectivity index (χ3n) is 2.92. The molecular formula is C15H18ClNOS. The van der Waals surface area contributed by atoms with E-state index < -0.39 is 0 Å². The second-order valence-corrected chi connectivity index (χ2v) is 5.68. The van der Waals surface area contributed by atoms with Crippen molar-refractivity contribution in [2.24, 2.45) is 0 Å². The average Bonchev–Trinajstić information content (AvgIpc) is 2.88. The Balaban J connectivity index is 2.35. The fourth-order valence-electron chi connectivity index (χ4n) is 2.03. The summed E-state index contributed by atoms with van der Waals surface area (Å²) in [6, 6.07) is 10.1. The summed E-state index contributed by atoms with van der Waals surface area (Å²) in [7, 11) is 1.71. The second kappa shape index (κ2) is 6.94. The molecule has 0 saturated heterocycles. The van der Waals surface area contributed by atoms with E-state index in [1.807, 2.05) is 24.3 Å². The molecule has 0 radical (unpaired) electrons. The molecule has 1 atom stereocenters. The van der Waals surface area contributed by atoms with E-state index in [0.29, 0.717) is 0 Å². The fourth-order valence-corrected chi connectivity index (χ4v) is 3.19. The number of rotatable bonds is 6. The van der Waals surface area contributed by atoms with Gasteiger partial charge in [-0.3, -0.25) is 0 Å². The van der Waals surface area contributed by atoms with Crippen molar-refractivity contribution in [1.29, 1.82) is 0 Å². The molecule has 102 valence electrons. The van der Waals surface area contributed by atoms with Gasteiger partial charge in [0.15, 0.2) is 0 Å². The van der Waals surface area contributed by atoms with Gasteiger partial charge in [0.25, 0.3) is 0 Å². The summed E-state index contributed by atoms with van der Waals surface area (Å²) in [6.45, 7) is 3.12. The minimum atomic E-state index is 0.133. The van der Waals surface area contributed by atoms with E-state index >= 15 is 0 Å². The predicted molar refractivity (Wildman–Crippen MR) is 82.5 cm³/mol. The van der Waals surface area contributed by atoms with Crippen LogP contribution in [0.2, 0.25) is 5.02 Å². The molecule has 0 bridgehead atoms. The van der Waals surface area contributed by atoms with E-state index in [1.165, 1.54) is 10.4 Å².